The van der Waals surface area contributed by atoms with E-state index in [0.29, 0.717) is 6.04 Å². The van der Waals surface area contributed by atoms with Gasteiger partial charge in [-0.25, -0.2) is 0 Å². The van der Waals surface area contributed by atoms with Gasteiger partial charge in [0.05, 0.1) is 0 Å². The predicted octanol–water partition coefficient (Wildman–Crippen LogP) is 5.68. The zero-order valence-corrected chi connectivity index (χ0v) is 16.9. The van der Waals surface area contributed by atoms with E-state index < -0.39 is 0 Å². The molecule has 2 nitrogen and oxygen atoms in total. The van der Waals surface area contributed by atoms with Crippen LogP contribution in [0.1, 0.15) is 85.0 Å². The first-order chi connectivity index (χ1) is 10.2. The van der Waals surface area contributed by atoms with Crippen LogP contribution in [0.15, 0.2) is 3.34 Å². The maximum atomic E-state index is 7.00. The molecule has 0 amide bonds. The summed E-state index contributed by atoms with van der Waals surface area (Å²) in [7, 11) is 1.00. The third-order valence-electron chi connectivity index (χ3n) is 3.83. The Morgan fingerprint density at radius 2 is 1.52 bits per heavy atom. The maximum Gasteiger partial charge on any atom is 0.0319 e. The first kappa shape index (κ1) is 23.8. The van der Waals surface area contributed by atoms with Gasteiger partial charge in [-0.2, -0.15) is 25.7 Å². The molecule has 0 saturated heterocycles. The van der Waals surface area contributed by atoms with Crippen molar-refractivity contribution in [2.75, 3.05) is 7.11 Å². The standard InChI is InChI=1S/C7H13.C6H11.C4H9N.CH4O.Nb/c1-7-5-3-2-4-6-7;1-2-4-6-5-3-1;1-3-4(2)5;1-2;/h2,7H,3-6H2,1H3;1H,2-6H2;4H,3H2,1-2H3;2H,1H3;/q2*-1;;;. The van der Waals surface area contributed by atoms with E-state index >= 15 is 0 Å². The van der Waals surface area contributed by atoms with Crippen molar-refractivity contribution in [2.45, 2.75) is 91.0 Å². The van der Waals surface area contributed by atoms with Crippen LogP contribution in [0.3, 0.4) is 0 Å². The molecule has 0 heterocycles. The zero-order chi connectivity index (χ0) is 16.3. The van der Waals surface area contributed by atoms with E-state index in [1.165, 1.54) is 64.2 Å². The van der Waals surface area contributed by atoms with Crippen LogP contribution in [0.5, 0.6) is 0 Å². The Balaban J connectivity index is 0. The molecule has 0 bridgehead atoms. The Bertz CT molecular complexity index is 178. The molecule has 3 heteroatoms. The van der Waals surface area contributed by atoms with Gasteiger partial charge in [-0.15, -0.1) is 0 Å². The van der Waals surface area contributed by atoms with Gasteiger partial charge in [0.25, 0.3) is 0 Å². The molecule has 21 heavy (non-hydrogen) atoms. The summed E-state index contributed by atoms with van der Waals surface area (Å²) in [5.74, 6) is 1.00. The molecule has 2 aliphatic carbocycles. The fourth-order valence-corrected chi connectivity index (χ4v) is 2.47. The van der Waals surface area contributed by atoms with Crippen LogP contribution in [-0.2, 0) is 20.9 Å². The summed E-state index contributed by atoms with van der Waals surface area (Å²) in [6.07, 6.45) is 18.7. The van der Waals surface area contributed by atoms with E-state index in [1.54, 1.807) is 20.9 Å². The Hall–Kier alpha value is 0.500. The predicted molar refractivity (Wildman–Crippen MR) is 89.6 cm³/mol. The van der Waals surface area contributed by atoms with E-state index in [0.717, 1.165) is 13.0 Å². The minimum Gasteiger partial charge on any atom is -0.400 e. The van der Waals surface area contributed by atoms with Gasteiger partial charge < -0.3 is 17.9 Å². The first-order valence-corrected chi connectivity index (χ1v) is 9.61. The summed E-state index contributed by atoms with van der Waals surface area (Å²) >= 11 is 1.55. The molecule has 1 atom stereocenters. The van der Waals surface area contributed by atoms with Crippen molar-refractivity contribution >= 4 is 0 Å². The summed E-state index contributed by atoms with van der Waals surface area (Å²) in [4.78, 5) is 0. The molecule has 0 aromatic heterocycles. The second-order valence-corrected chi connectivity index (χ2v) is 6.42. The van der Waals surface area contributed by atoms with Gasteiger partial charge in [0.1, 0.15) is 0 Å². The molecule has 2 saturated carbocycles. The molecule has 0 spiro atoms. The number of aliphatic hydroxyl groups excluding tert-OH is 1. The third-order valence-corrected chi connectivity index (χ3v) is 4.80. The summed E-state index contributed by atoms with van der Waals surface area (Å²) in [5.41, 5.74) is 0. The molecule has 0 aromatic rings. The summed E-state index contributed by atoms with van der Waals surface area (Å²) in [6.45, 7) is 6.61. The average Bonchev–Trinajstić information content (AvgIpc) is 2.59. The van der Waals surface area contributed by atoms with E-state index in [9.17, 15) is 0 Å². The topological polar surface area (TPSA) is 32.6 Å². The molecule has 0 aliphatic heterocycles. The number of rotatable bonds is 2. The van der Waals surface area contributed by atoms with E-state index in [2.05, 4.69) is 37.0 Å². The molecule has 2 rings (SSSR count). The van der Waals surface area contributed by atoms with Gasteiger partial charge in [-0.05, 0) is 5.92 Å². The molecular weight excluding hydrogens is 339 g/mol. The van der Waals surface area contributed by atoms with Crippen LogP contribution in [0, 0.1) is 18.8 Å². The van der Waals surface area contributed by atoms with E-state index in [4.69, 9.17) is 5.11 Å². The largest absolute Gasteiger partial charge is 0.400 e. The van der Waals surface area contributed by atoms with Crippen LogP contribution in [0.25, 0.3) is 0 Å². The van der Waals surface area contributed by atoms with Crippen molar-refractivity contribution in [2.24, 2.45) is 9.26 Å². The monoisotopic (exact) mass is 376 g/mol. The Labute approximate surface area is 146 Å². The van der Waals surface area contributed by atoms with Crippen LogP contribution in [-0.4, -0.2) is 18.3 Å². The van der Waals surface area contributed by atoms with Crippen molar-refractivity contribution in [1.29, 1.82) is 0 Å². The zero-order valence-electron chi connectivity index (χ0n) is 14.7. The smallest absolute Gasteiger partial charge is 0.0319 e. The van der Waals surface area contributed by atoms with Crippen LogP contribution >= 0.6 is 0 Å². The Kier molecular flexibility index (Phi) is 23.2. The normalized spacial score (nSPS) is 19.4. The minimum atomic E-state index is 0.582. The number of nitrogens with zero attached hydrogens (tertiary/aromatic N) is 1. The van der Waals surface area contributed by atoms with E-state index in [-0.39, 0.29) is 0 Å². The molecule has 2 fully saturated rings. The van der Waals surface area contributed by atoms with Crippen LogP contribution in [0.4, 0.5) is 0 Å². The van der Waals surface area contributed by atoms with Gasteiger partial charge in [-0.1, -0.05) is 39.0 Å². The number of hydrogen-bond acceptors (Lipinski definition) is 2. The second kappa shape index (κ2) is 20.5. The Morgan fingerprint density at radius 3 is 1.67 bits per heavy atom. The van der Waals surface area contributed by atoms with Crippen molar-refractivity contribution < 1.29 is 26.0 Å². The van der Waals surface area contributed by atoms with Crippen molar-refractivity contribution in [3.05, 3.63) is 12.8 Å². The molecule has 127 valence electrons. The fraction of sp³-hybridized carbons (Fsp3) is 0.889. The van der Waals surface area contributed by atoms with Gasteiger partial charge in [0.15, 0.2) is 0 Å². The molecular formula is C18H37NNbO-2. The summed E-state index contributed by atoms with van der Waals surface area (Å²) in [6, 6.07) is 0.582. The molecule has 1 unspecified atom stereocenters. The van der Waals surface area contributed by atoms with Crippen molar-refractivity contribution in [3.8, 4) is 0 Å². The van der Waals surface area contributed by atoms with Gasteiger partial charge in [0.2, 0.25) is 0 Å². The SMILES string of the molecule is CC1CC[CH-]CC1.CCC(C)[N]=[Nb].CO.[CH-]1CCCCC1. The molecule has 1 N–H and O–H groups in total. The first-order valence-electron chi connectivity index (χ1n) is 8.62. The average molecular weight is 376 g/mol. The van der Waals surface area contributed by atoms with Crippen molar-refractivity contribution in [3.63, 3.8) is 0 Å². The molecule has 0 aromatic carbocycles. The van der Waals surface area contributed by atoms with Gasteiger partial charge in [-0.3, -0.25) is 0 Å². The third kappa shape index (κ3) is 20.5. The number of hydrogen-bond donors (Lipinski definition) is 1. The summed E-state index contributed by atoms with van der Waals surface area (Å²) in [5, 5.41) is 7.00. The van der Waals surface area contributed by atoms with E-state index in [1.807, 2.05) is 0 Å². The number of aliphatic hydroxyl groups is 1. The van der Waals surface area contributed by atoms with Gasteiger partial charge >= 0.3 is 50.5 Å². The molecule has 0 radical (unpaired) electrons. The Morgan fingerprint density at radius 1 is 1.05 bits per heavy atom. The van der Waals surface area contributed by atoms with Crippen LogP contribution < -0.4 is 0 Å². The quantitative estimate of drug-likeness (QED) is 0.488. The van der Waals surface area contributed by atoms with Gasteiger partial charge in [0, 0.05) is 7.11 Å². The maximum absolute atomic E-state index is 7.00. The molecule has 2 aliphatic rings. The van der Waals surface area contributed by atoms with Crippen LogP contribution in [0.2, 0.25) is 0 Å². The second-order valence-electron chi connectivity index (χ2n) is 5.85. The fourth-order valence-electron chi connectivity index (χ4n) is 2.07. The minimum absolute atomic E-state index is 0.582. The van der Waals surface area contributed by atoms with Crippen molar-refractivity contribution in [1.82, 2.24) is 0 Å². The summed E-state index contributed by atoms with van der Waals surface area (Å²) < 4.78 is 4.06.